The molecule has 0 aliphatic rings. The molecular formula is C18H20FNO2. The number of ether oxygens (including phenoxy) is 1. The number of amides is 1. The smallest absolute Gasteiger partial charge is 0.224 e. The largest absolute Gasteiger partial charge is 0.494 e. The Hall–Kier alpha value is -2.36. The van der Waals surface area contributed by atoms with Gasteiger partial charge in [-0.05, 0) is 56.2 Å². The normalized spacial score (nSPS) is 10.3. The molecule has 116 valence electrons. The number of carbonyl (C=O) groups is 1. The Balaban J connectivity index is 1.72. The first-order chi connectivity index (χ1) is 10.5. The fraction of sp³-hybridized carbons (Fsp3) is 0.278. The first-order valence-electron chi connectivity index (χ1n) is 7.30. The lowest BCUT2D eigenvalue weighted by Gasteiger charge is -2.09. The van der Waals surface area contributed by atoms with E-state index in [1.165, 1.54) is 17.7 Å². The van der Waals surface area contributed by atoms with Crippen molar-refractivity contribution in [1.29, 1.82) is 0 Å². The molecule has 0 unspecified atom stereocenters. The highest BCUT2D eigenvalue weighted by Gasteiger charge is 2.05. The van der Waals surface area contributed by atoms with Crippen LogP contribution >= 0.6 is 0 Å². The second kappa shape index (κ2) is 7.59. The molecule has 4 heteroatoms. The summed E-state index contributed by atoms with van der Waals surface area (Å²) >= 11 is 0. The van der Waals surface area contributed by atoms with E-state index in [4.69, 9.17) is 4.74 Å². The SMILES string of the molecule is Cc1ccc(OCCCC(=O)Nc2ccc(F)cc2C)cc1. The van der Waals surface area contributed by atoms with Crippen LogP contribution in [-0.4, -0.2) is 12.5 Å². The molecule has 2 aromatic carbocycles. The Morgan fingerprint density at radius 1 is 1.14 bits per heavy atom. The Kier molecular flexibility index (Phi) is 5.53. The van der Waals surface area contributed by atoms with Crippen LogP contribution in [0.4, 0.5) is 10.1 Å². The maximum absolute atomic E-state index is 13.0. The molecule has 1 amide bonds. The van der Waals surface area contributed by atoms with E-state index in [9.17, 15) is 9.18 Å². The number of halogens is 1. The van der Waals surface area contributed by atoms with Gasteiger partial charge < -0.3 is 10.1 Å². The van der Waals surface area contributed by atoms with Crippen molar-refractivity contribution in [3.63, 3.8) is 0 Å². The number of aryl methyl sites for hydroxylation is 2. The van der Waals surface area contributed by atoms with E-state index < -0.39 is 0 Å². The molecule has 0 saturated carbocycles. The maximum Gasteiger partial charge on any atom is 0.224 e. The van der Waals surface area contributed by atoms with Gasteiger partial charge in [-0.25, -0.2) is 4.39 Å². The number of nitrogens with one attached hydrogen (secondary N) is 1. The maximum atomic E-state index is 13.0. The van der Waals surface area contributed by atoms with Crippen LogP contribution in [0.2, 0.25) is 0 Å². The fourth-order valence-electron chi connectivity index (χ4n) is 2.04. The van der Waals surface area contributed by atoms with E-state index in [1.807, 2.05) is 31.2 Å². The van der Waals surface area contributed by atoms with Crippen molar-refractivity contribution < 1.29 is 13.9 Å². The van der Waals surface area contributed by atoms with E-state index in [2.05, 4.69) is 5.32 Å². The summed E-state index contributed by atoms with van der Waals surface area (Å²) in [6, 6.07) is 12.1. The third-order valence-corrected chi connectivity index (χ3v) is 3.30. The van der Waals surface area contributed by atoms with Gasteiger partial charge in [-0.1, -0.05) is 17.7 Å². The van der Waals surface area contributed by atoms with Gasteiger partial charge in [0.25, 0.3) is 0 Å². The number of benzene rings is 2. The zero-order valence-electron chi connectivity index (χ0n) is 12.9. The van der Waals surface area contributed by atoms with E-state index in [0.717, 1.165) is 5.75 Å². The van der Waals surface area contributed by atoms with Gasteiger partial charge in [0.05, 0.1) is 6.61 Å². The Morgan fingerprint density at radius 2 is 1.86 bits per heavy atom. The number of hydrogen-bond donors (Lipinski definition) is 1. The van der Waals surface area contributed by atoms with Crippen molar-refractivity contribution in [1.82, 2.24) is 0 Å². The van der Waals surface area contributed by atoms with Crippen molar-refractivity contribution >= 4 is 11.6 Å². The number of anilines is 1. The van der Waals surface area contributed by atoms with Crippen LogP contribution in [0.1, 0.15) is 24.0 Å². The quantitative estimate of drug-likeness (QED) is 0.810. The Bertz CT molecular complexity index is 638. The molecule has 0 bridgehead atoms. The van der Waals surface area contributed by atoms with E-state index in [0.29, 0.717) is 30.7 Å². The monoisotopic (exact) mass is 301 g/mol. The van der Waals surface area contributed by atoms with Gasteiger partial charge in [-0.2, -0.15) is 0 Å². The summed E-state index contributed by atoms with van der Waals surface area (Å²) in [7, 11) is 0. The summed E-state index contributed by atoms with van der Waals surface area (Å²) in [6.45, 7) is 4.27. The number of hydrogen-bond acceptors (Lipinski definition) is 2. The Morgan fingerprint density at radius 3 is 2.55 bits per heavy atom. The molecule has 3 nitrogen and oxygen atoms in total. The van der Waals surface area contributed by atoms with Crippen molar-refractivity contribution in [2.24, 2.45) is 0 Å². The van der Waals surface area contributed by atoms with Gasteiger partial charge >= 0.3 is 0 Å². The number of rotatable bonds is 6. The molecule has 0 atom stereocenters. The van der Waals surface area contributed by atoms with Crippen molar-refractivity contribution in [2.45, 2.75) is 26.7 Å². The summed E-state index contributed by atoms with van der Waals surface area (Å²) < 4.78 is 18.6. The minimum atomic E-state index is -0.304. The third-order valence-electron chi connectivity index (χ3n) is 3.30. The van der Waals surface area contributed by atoms with Crippen LogP contribution in [0, 0.1) is 19.7 Å². The van der Waals surface area contributed by atoms with Crippen LogP contribution in [0.5, 0.6) is 5.75 Å². The van der Waals surface area contributed by atoms with Crippen LogP contribution in [-0.2, 0) is 4.79 Å². The Labute approximate surface area is 130 Å². The molecule has 0 heterocycles. The highest BCUT2D eigenvalue weighted by Crippen LogP contribution is 2.16. The molecule has 0 fully saturated rings. The van der Waals surface area contributed by atoms with Gasteiger partial charge in [-0.3, -0.25) is 4.79 Å². The van der Waals surface area contributed by atoms with Crippen molar-refractivity contribution in [3.05, 3.63) is 59.4 Å². The van der Waals surface area contributed by atoms with Crippen LogP contribution < -0.4 is 10.1 Å². The predicted octanol–water partition coefficient (Wildman–Crippen LogP) is 4.24. The minimum absolute atomic E-state index is 0.0952. The lowest BCUT2D eigenvalue weighted by molar-refractivity contribution is -0.116. The van der Waals surface area contributed by atoms with Gasteiger partial charge in [0.15, 0.2) is 0 Å². The lowest BCUT2D eigenvalue weighted by atomic mass is 10.2. The second-order valence-corrected chi connectivity index (χ2v) is 5.27. The third kappa shape index (κ3) is 4.88. The van der Waals surface area contributed by atoms with Crippen molar-refractivity contribution in [3.8, 4) is 5.75 Å². The summed E-state index contributed by atoms with van der Waals surface area (Å²) in [6.07, 6.45) is 0.989. The predicted molar refractivity (Wildman–Crippen MR) is 85.7 cm³/mol. The molecule has 0 radical (unpaired) electrons. The van der Waals surface area contributed by atoms with E-state index >= 15 is 0 Å². The van der Waals surface area contributed by atoms with Crippen molar-refractivity contribution in [2.75, 3.05) is 11.9 Å². The average molecular weight is 301 g/mol. The van der Waals surface area contributed by atoms with Gasteiger partial charge in [-0.15, -0.1) is 0 Å². The molecule has 22 heavy (non-hydrogen) atoms. The average Bonchev–Trinajstić information content (AvgIpc) is 2.48. The van der Waals surface area contributed by atoms with Gasteiger partial charge in [0, 0.05) is 12.1 Å². The second-order valence-electron chi connectivity index (χ2n) is 5.27. The van der Waals surface area contributed by atoms with Gasteiger partial charge in [0.1, 0.15) is 11.6 Å². The highest BCUT2D eigenvalue weighted by atomic mass is 19.1. The molecular weight excluding hydrogens is 281 g/mol. The molecule has 0 aliphatic carbocycles. The summed E-state index contributed by atoms with van der Waals surface area (Å²) in [5.74, 6) is 0.407. The molecule has 1 N–H and O–H groups in total. The van der Waals surface area contributed by atoms with Gasteiger partial charge in [0.2, 0.25) is 5.91 Å². The first-order valence-corrected chi connectivity index (χ1v) is 7.30. The topological polar surface area (TPSA) is 38.3 Å². The minimum Gasteiger partial charge on any atom is -0.494 e. The van der Waals surface area contributed by atoms with E-state index in [1.54, 1.807) is 13.0 Å². The molecule has 2 rings (SSSR count). The summed E-state index contributed by atoms with van der Waals surface area (Å²) in [4.78, 5) is 11.8. The standard InChI is InChI=1S/C18H20FNO2/c1-13-5-8-16(9-6-13)22-11-3-4-18(21)20-17-10-7-15(19)12-14(17)2/h5-10,12H,3-4,11H2,1-2H3,(H,20,21). The highest BCUT2D eigenvalue weighted by molar-refractivity contribution is 5.91. The summed E-state index contributed by atoms with van der Waals surface area (Å²) in [5.41, 5.74) is 2.54. The fourth-order valence-corrected chi connectivity index (χ4v) is 2.04. The summed E-state index contributed by atoms with van der Waals surface area (Å²) in [5, 5.41) is 2.78. The lowest BCUT2D eigenvalue weighted by Crippen LogP contribution is -2.13. The molecule has 0 aliphatic heterocycles. The van der Waals surface area contributed by atoms with Crippen LogP contribution in [0.15, 0.2) is 42.5 Å². The first kappa shape index (κ1) is 16.0. The molecule has 0 aromatic heterocycles. The zero-order chi connectivity index (χ0) is 15.9. The van der Waals surface area contributed by atoms with Crippen LogP contribution in [0.25, 0.3) is 0 Å². The molecule has 0 spiro atoms. The zero-order valence-corrected chi connectivity index (χ0v) is 12.9. The van der Waals surface area contributed by atoms with Crippen LogP contribution in [0.3, 0.4) is 0 Å². The molecule has 0 saturated heterocycles. The van der Waals surface area contributed by atoms with E-state index in [-0.39, 0.29) is 11.7 Å². The number of carbonyl (C=O) groups excluding carboxylic acids is 1. The molecule has 2 aromatic rings.